The SMILES string of the molecule is O=C(O)c1ccccc1COc1cc(Cl)c(O)cc1Cl. The molecule has 104 valence electrons. The van der Waals surface area contributed by atoms with Crippen LogP contribution in [0.25, 0.3) is 0 Å². The summed E-state index contributed by atoms with van der Waals surface area (Å²) < 4.78 is 5.46. The van der Waals surface area contributed by atoms with Crippen LogP contribution in [0.15, 0.2) is 36.4 Å². The number of rotatable bonds is 4. The number of aromatic carboxylic acids is 1. The Labute approximate surface area is 125 Å². The fourth-order valence-electron chi connectivity index (χ4n) is 1.64. The quantitative estimate of drug-likeness (QED) is 0.896. The summed E-state index contributed by atoms with van der Waals surface area (Å²) in [5, 5.41) is 18.7. The lowest BCUT2D eigenvalue weighted by Gasteiger charge is -2.11. The van der Waals surface area contributed by atoms with E-state index in [0.717, 1.165) is 0 Å². The highest BCUT2D eigenvalue weighted by molar-refractivity contribution is 6.35. The number of phenolic OH excluding ortho intramolecular Hbond substituents is 1. The zero-order valence-electron chi connectivity index (χ0n) is 10.1. The zero-order chi connectivity index (χ0) is 14.7. The zero-order valence-corrected chi connectivity index (χ0v) is 11.6. The van der Waals surface area contributed by atoms with Crippen LogP contribution in [0.3, 0.4) is 0 Å². The van der Waals surface area contributed by atoms with Crippen molar-refractivity contribution < 1.29 is 19.7 Å². The molecule has 20 heavy (non-hydrogen) atoms. The number of halogens is 2. The van der Waals surface area contributed by atoms with Crippen molar-refractivity contribution in [2.24, 2.45) is 0 Å². The summed E-state index contributed by atoms with van der Waals surface area (Å²) in [6, 6.07) is 9.14. The summed E-state index contributed by atoms with van der Waals surface area (Å²) in [5.74, 6) is -0.899. The Morgan fingerprint density at radius 2 is 1.85 bits per heavy atom. The van der Waals surface area contributed by atoms with E-state index < -0.39 is 5.97 Å². The van der Waals surface area contributed by atoms with Crippen LogP contribution in [0.1, 0.15) is 15.9 Å². The van der Waals surface area contributed by atoms with E-state index in [1.807, 2.05) is 0 Å². The van der Waals surface area contributed by atoms with Gasteiger partial charge < -0.3 is 14.9 Å². The number of aromatic hydroxyl groups is 1. The van der Waals surface area contributed by atoms with Crippen LogP contribution in [0, 0.1) is 0 Å². The van der Waals surface area contributed by atoms with Gasteiger partial charge >= 0.3 is 5.97 Å². The highest BCUT2D eigenvalue weighted by Gasteiger charge is 2.12. The van der Waals surface area contributed by atoms with E-state index in [4.69, 9.17) is 33.0 Å². The first-order valence-corrected chi connectivity index (χ1v) is 6.36. The Hall–Kier alpha value is -1.91. The molecule has 0 aliphatic carbocycles. The predicted molar refractivity (Wildman–Crippen MR) is 75.9 cm³/mol. The molecule has 0 fully saturated rings. The van der Waals surface area contributed by atoms with Gasteiger partial charge in [-0.05, 0) is 6.07 Å². The molecular formula is C14H10Cl2O4. The number of carbonyl (C=O) groups is 1. The fourth-order valence-corrected chi connectivity index (χ4v) is 2.01. The topological polar surface area (TPSA) is 66.8 Å². The number of carboxylic acid groups (broad SMARTS) is 1. The first-order valence-electron chi connectivity index (χ1n) is 5.61. The molecule has 2 N–H and O–H groups in total. The van der Waals surface area contributed by atoms with Crippen molar-refractivity contribution in [3.8, 4) is 11.5 Å². The van der Waals surface area contributed by atoms with Crippen LogP contribution in [0.4, 0.5) is 0 Å². The van der Waals surface area contributed by atoms with Crippen molar-refractivity contribution in [3.63, 3.8) is 0 Å². The second-order valence-electron chi connectivity index (χ2n) is 3.99. The molecule has 0 saturated carbocycles. The van der Waals surface area contributed by atoms with Crippen LogP contribution >= 0.6 is 23.2 Å². The van der Waals surface area contributed by atoms with E-state index in [9.17, 15) is 9.90 Å². The molecule has 0 radical (unpaired) electrons. The lowest BCUT2D eigenvalue weighted by atomic mass is 10.1. The van der Waals surface area contributed by atoms with E-state index in [1.165, 1.54) is 18.2 Å². The Balaban J connectivity index is 2.21. The molecule has 0 aliphatic heterocycles. The molecule has 0 saturated heterocycles. The van der Waals surface area contributed by atoms with Gasteiger partial charge in [-0.3, -0.25) is 0 Å². The normalized spacial score (nSPS) is 10.3. The minimum absolute atomic E-state index is 0.0310. The van der Waals surface area contributed by atoms with Gasteiger partial charge in [0.25, 0.3) is 0 Å². The maximum absolute atomic E-state index is 11.1. The Bertz CT molecular complexity index is 656. The average Bonchev–Trinajstić information content (AvgIpc) is 2.41. The minimum Gasteiger partial charge on any atom is -0.506 e. The molecule has 0 aromatic heterocycles. The molecule has 0 bridgehead atoms. The summed E-state index contributed by atoms with van der Waals surface area (Å²) in [5.41, 5.74) is 0.675. The predicted octanol–water partition coefficient (Wildman–Crippen LogP) is 3.98. The Morgan fingerprint density at radius 3 is 2.55 bits per heavy atom. The van der Waals surface area contributed by atoms with Crippen LogP contribution in [0.5, 0.6) is 11.5 Å². The highest BCUT2D eigenvalue weighted by atomic mass is 35.5. The van der Waals surface area contributed by atoms with Crippen LogP contribution in [-0.2, 0) is 6.61 Å². The maximum atomic E-state index is 11.1. The van der Waals surface area contributed by atoms with Gasteiger partial charge in [0, 0.05) is 17.7 Å². The van der Waals surface area contributed by atoms with Crippen molar-refractivity contribution in [1.29, 1.82) is 0 Å². The number of carboxylic acids is 1. The summed E-state index contributed by atoms with van der Waals surface area (Å²) in [6.07, 6.45) is 0. The van der Waals surface area contributed by atoms with Gasteiger partial charge in [0.05, 0.1) is 15.6 Å². The average molecular weight is 313 g/mol. The Morgan fingerprint density at radius 1 is 1.15 bits per heavy atom. The minimum atomic E-state index is -1.03. The van der Waals surface area contributed by atoms with Gasteiger partial charge in [-0.15, -0.1) is 0 Å². The third-order valence-electron chi connectivity index (χ3n) is 2.63. The summed E-state index contributed by atoms with van der Waals surface area (Å²) in [6.45, 7) is 0.0310. The van der Waals surface area contributed by atoms with E-state index in [0.29, 0.717) is 5.56 Å². The molecule has 0 amide bonds. The van der Waals surface area contributed by atoms with E-state index in [-0.39, 0.29) is 33.7 Å². The van der Waals surface area contributed by atoms with Crippen LogP contribution < -0.4 is 4.74 Å². The summed E-state index contributed by atoms with van der Waals surface area (Å²) >= 11 is 11.7. The molecule has 0 heterocycles. The summed E-state index contributed by atoms with van der Waals surface area (Å²) in [7, 11) is 0. The molecule has 0 aliphatic rings. The molecule has 2 rings (SSSR count). The molecule has 0 unspecified atom stereocenters. The molecule has 2 aromatic rings. The standard InChI is InChI=1S/C14H10Cl2O4/c15-10-6-13(11(16)5-12(10)17)20-7-8-3-1-2-4-9(8)14(18)19/h1-6,17H,7H2,(H,18,19). The smallest absolute Gasteiger partial charge is 0.336 e. The first kappa shape index (κ1) is 14.5. The Kier molecular flexibility index (Phi) is 4.37. The van der Waals surface area contributed by atoms with Gasteiger partial charge in [0.15, 0.2) is 0 Å². The van der Waals surface area contributed by atoms with E-state index in [1.54, 1.807) is 18.2 Å². The van der Waals surface area contributed by atoms with Crippen molar-refractivity contribution in [2.45, 2.75) is 6.61 Å². The largest absolute Gasteiger partial charge is 0.506 e. The lowest BCUT2D eigenvalue weighted by molar-refractivity contribution is 0.0694. The van der Waals surface area contributed by atoms with Gasteiger partial charge in [0.2, 0.25) is 0 Å². The molecule has 0 atom stereocenters. The highest BCUT2D eigenvalue weighted by Crippen LogP contribution is 2.35. The van der Waals surface area contributed by atoms with Crippen molar-refractivity contribution in [2.75, 3.05) is 0 Å². The van der Waals surface area contributed by atoms with Crippen LogP contribution in [-0.4, -0.2) is 16.2 Å². The third-order valence-corrected chi connectivity index (χ3v) is 3.23. The van der Waals surface area contributed by atoms with Crippen molar-refractivity contribution in [3.05, 3.63) is 57.6 Å². The fraction of sp³-hybridized carbons (Fsp3) is 0.0714. The van der Waals surface area contributed by atoms with Crippen molar-refractivity contribution in [1.82, 2.24) is 0 Å². The number of hydrogen-bond acceptors (Lipinski definition) is 3. The monoisotopic (exact) mass is 312 g/mol. The number of ether oxygens (including phenoxy) is 1. The van der Waals surface area contributed by atoms with Crippen LogP contribution in [0.2, 0.25) is 10.0 Å². The molecular weight excluding hydrogens is 303 g/mol. The second-order valence-corrected chi connectivity index (χ2v) is 4.80. The summed E-state index contributed by atoms with van der Waals surface area (Å²) in [4.78, 5) is 11.1. The maximum Gasteiger partial charge on any atom is 0.336 e. The van der Waals surface area contributed by atoms with Gasteiger partial charge in [0.1, 0.15) is 18.1 Å². The molecule has 0 spiro atoms. The van der Waals surface area contributed by atoms with Gasteiger partial charge in [-0.2, -0.15) is 0 Å². The van der Waals surface area contributed by atoms with Gasteiger partial charge in [-0.1, -0.05) is 41.4 Å². The van der Waals surface area contributed by atoms with Gasteiger partial charge in [-0.25, -0.2) is 4.79 Å². The van der Waals surface area contributed by atoms with E-state index in [2.05, 4.69) is 0 Å². The first-order chi connectivity index (χ1) is 9.49. The molecule has 4 nitrogen and oxygen atoms in total. The number of hydrogen-bond donors (Lipinski definition) is 2. The van der Waals surface area contributed by atoms with Crippen molar-refractivity contribution >= 4 is 29.2 Å². The van der Waals surface area contributed by atoms with E-state index >= 15 is 0 Å². The molecule has 2 aromatic carbocycles. The molecule has 6 heteroatoms. The number of phenols is 1. The second kappa shape index (κ2) is 6.03. The lowest BCUT2D eigenvalue weighted by Crippen LogP contribution is -2.05. The third kappa shape index (κ3) is 3.15. The number of benzene rings is 2.